The molecule has 12 nitrogen and oxygen atoms in total. The van der Waals surface area contributed by atoms with Gasteiger partial charge in [0.15, 0.2) is 23.0 Å². The van der Waals surface area contributed by atoms with Gasteiger partial charge in [-0.3, -0.25) is 0 Å². The predicted octanol–water partition coefficient (Wildman–Crippen LogP) is 5.00. The molecule has 242 valence electrons. The Morgan fingerprint density at radius 3 is 1.75 bits per heavy atom. The molecular formula is C32H45N3O9. The van der Waals surface area contributed by atoms with Gasteiger partial charge in [0, 0.05) is 6.54 Å². The van der Waals surface area contributed by atoms with E-state index in [0.717, 1.165) is 24.3 Å². The Balaban J connectivity index is 1.30. The van der Waals surface area contributed by atoms with Gasteiger partial charge < -0.3 is 47.8 Å². The van der Waals surface area contributed by atoms with E-state index in [-0.39, 0.29) is 5.82 Å². The zero-order chi connectivity index (χ0) is 31.7. The van der Waals surface area contributed by atoms with E-state index in [2.05, 4.69) is 43.1 Å². The van der Waals surface area contributed by atoms with Crippen molar-refractivity contribution in [3.05, 3.63) is 70.2 Å². The van der Waals surface area contributed by atoms with E-state index in [1.54, 1.807) is 25.9 Å². The Kier molecular flexibility index (Phi) is 14.7. The molecule has 0 bridgehead atoms. The number of hydrogen-bond acceptors (Lipinski definition) is 10. The van der Waals surface area contributed by atoms with E-state index in [1.165, 1.54) is 23.7 Å². The first-order valence-electron chi connectivity index (χ1n) is 14.7. The van der Waals surface area contributed by atoms with E-state index < -0.39 is 4.92 Å². The molecule has 3 aromatic rings. The van der Waals surface area contributed by atoms with Gasteiger partial charge in [-0.2, -0.15) is 0 Å². The lowest BCUT2D eigenvalue weighted by Crippen LogP contribution is -2.14. The fourth-order valence-corrected chi connectivity index (χ4v) is 4.60. The summed E-state index contributed by atoms with van der Waals surface area (Å²) in [5.74, 6) is 3.60. The number of nitro groups is 1. The average molecular weight is 616 g/mol. The molecule has 2 atom stereocenters. The molecule has 44 heavy (non-hydrogen) atoms. The fraction of sp³-hybridized carbons (Fsp3) is 0.531. The number of benzene rings is 2. The smallest absolute Gasteiger partial charge is 0.381 e. The van der Waals surface area contributed by atoms with Crippen LogP contribution < -0.4 is 18.9 Å². The molecular weight excluding hydrogens is 570 g/mol. The highest BCUT2D eigenvalue weighted by Gasteiger charge is 2.17. The van der Waals surface area contributed by atoms with Crippen molar-refractivity contribution >= 4 is 5.82 Å². The van der Waals surface area contributed by atoms with Gasteiger partial charge in [-0.05, 0) is 70.0 Å². The molecule has 0 fully saturated rings. The summed E-state index contributed by atoms with van der Waals surface area (Å²) in [6.07, 6.45) is 4.64. The van der Waals surface area contributed by atoms with Crippen LogP contribution in [0.15, 0.2) is 48.9 Å². The van der Waals surface area contributed by atoms with Gasteiger partial charge in [-0.1, -0.05) is 26.0 Å². The summed E-state index contributed by atoms with van der Waals surface area (Å²) in [5, 5.41) is 10.7. The second-order valence-corrected chi connectivity index (χ2v) is 10.4. The molecule has 0 spiro atoms. The Morgan fingerprint density at radius 2 is 1.23 bits per heavy atom. The van der Waals surface area contributed by atoms with Gasteiger partial charge in [0.2, 0.25) is 6.33 Å². The third-order valence-electron chi connectivity index (χ3n) is 7.29. The minimum absolute atomic E-state index is 0.176. The quantitative estimate of drug-likeness (QED) is 0.0866. The van der Waals surface area contributed by atoms with Crippen LogP contribution in [0.5, 0.6) is 23.0 Å². The van der Waals surface area contributed by atoms with Gasteiger partial charge in [-0.15, -0.1) is 0 Å². The number of hydrogen-bond donors (Lipinski definition) is 0. The molecule has 2 aromatic carbocycles. The van der Waals surface area contributed by atoms with E-state index in [9.17, 15) is 10.1 Å². The molecule has 0 aliphatic carbocycles. The van der Waals surface area contributed by atoms with Crippen LogP contribution in [-0.4, -0.2) is 82.1 Å². The standard InChI is InChI=1S/C32H45N3O9/c1-24(18-26-6-8-28(38-3)30(20-26)40-5)25(2)19-27-7-9-29(39-4)31(21-27)44-17-16-43-15-14-42-13-12-41-11-10-34-22-32(33-23-34)35(36)37/h6-9,20-25H,10-19H2,1-5H3/t24-,25+/m1/s1. The van der Waals surface area contributed by atoms with Crippen molar-refractivity contribution in [3.8, 4) is 23.0 Å². The summed E-state index contributed by atoms with van der Waals surface area (Å²) >= 11 is 0. The van der Waals surface area contributed by atoms with Gasteiger partial charge >= 0.3 is 5.82 Å². The van der Waals surface area contributed by atoms with Crippen LogP contribution in [0.25, 0.3) is 0 Å². The summed E-state index contributed by atoms with van der Waals surface area (Å²) in [5.41, 5.74) is 2.41. The number of nitrogens with zero attached hydrogens (tertiary/aromatic N) is 3. The second-order valence-electron chi connectivity index (χ2n) is 10.4. The van der Waals surface area contributed by atoms with Gasteiger partial charge in [0.1, 0.15) is 12.8 Å². The number of imidazole rings is 1. The molecule has 0 saturated heterocycles. The normalized spacial score (nSPS) is 12.5. The van der Waals surface area contributed by atoms with Crippen LogP contribution >= 0.6 is 0 Å². The fourth-order valence-electron chi connectivity index (χ4n) is 4.60. The van der Waals surface area contributed by atoms with Crippen LogP contribution in [0.4, 0.5) is 5.82 Å². The van der Waals surface area contributed by atoms with Gasteiger partial charge in [0.05, 0.1) is 61.0 Å². The predicted molar refractivity (Wildman–Crippen MR) is 165 cm³/mol. The minimum atomic E-state index is -0.526. The summed E-state index contributed by atoms with van der Waals surface area (Å²) < 4.78 is 40.6. The van der Waals surface area contributed by atoms with E-state index in [0.29, 0.717) is 76.1 Å². The summed E-state index contributed by atoms with van der Waals surface area (Å²) in [4.78, 5) is 13.8. The summed E-state index contributed by atoms with van der Waals surface area (Å²) in [7, 11) is 4.94. The molecule has 0 amide bonds. The summed E-state index contributed by atoms with van der Waals surface area (Å²) in [6.45, 7) is 7.98. The van der Waals surface area contributed by atoms with Crippen molar-refractivity contribution in [1.29, 1.82) is 0 Å². The average Bonchev–Trinajstić information content (AvgIpc) is 3.51. The molecule has 0 aliphatic heterocycles. The highest BCUT2D eigenvalue weighted by molar-refractivity contribution is 5.44. The zero-order valence-corrected chi connectivity index (χ0v) is 26.4. The molecule has 1 heterocycles. The third-order valence-corrected chi connectivity index (χ3v) is 7.29. The van der Waals surface area contributed by atoms with Crippen molar-refractivity contribution in [2.24, 2.45) is 11.8 Å². The molecule has 0 saturated carbocycles. The highest BCUT2D eigenvalue weighted by atomic mass is 16.6. The monoisotopic (exact) mass is 615 g/mol. The van der Waals surface area contributed by atoms with Crippen LogP contribution in [-0.2, 0) is 33.6 Å². The van der Waals surface area contributed by atoms with Gasteiger partial charge in [0.25, 0.3) is 0 Å². The maximum absolute atomic E-state index is 10.7. The molecule has 3 rings (SSSR count). The maximum atomic E-state index is 10.7. The molecule has 1 aromatic heterocycles. The Labute approximate surface area is 259 Å². The molecule has 12 heteroatoms. The minimum Gasteiger partial charge on any atom is -0.493 e. The molecule has 0 unspecified atom stereocenters. The number of methoxy groups -OCH3 is 3. The van der Waals surface area contributed by atoms with Crippen molar-refractivity contribution in [1.82, 2.24) is 9.55 Å². The first-order valence-corrected chi connectivity index (χ1v) is 14.7. The van der Waals surface area contributed by atoms with Crippen LogP contribution in [0, 0.1) is 22.0 Å². The Hall–Kier alpha value is -3.87. The van der Waals surface area contributed by atoms with Crippen molar-refractivity contribution in [3.63, 3.8) is 0 Å². The lowest BCUT2D eigenvalue weighted by Gasteiger charge is -2.21. The zero-order valence-electron chi connectivity index (χ0n) is 26.4. The van der Waals surface area contributed by atoms with Crippen molar-refractivity contribution in [2.75, 3.05) is 67.6 Å². The third kappa shape index (κ3) is 11.3. The van der Waals surface area contributed by atoms with Crippen LogP contribution in [0.2, 0.25) is 0 Å². The topological polar surface area (TPSA) is 126 Å². The molecule has 0 radical (unpaired) electrons. The highest BCUT2D eigenvalue weighted by Crippen LogP contribution is 2.32. The van der Waals surface area contributed by atoms with E-state index in [1.807, 2.05) is 12.1 Å². The van der Waals surface area contributed by atoms with Crippen molar-refractivity contribution < 1.29 is 38.1 Å². The Bertz CT molecular complexity index is 1280. The number of aromatic nitrogens is 2. The first kappa shape index (κ1) is 34.6. The van der Waals surface area contributed by atoms with Crippen molar-refractivity contribution in [2.45, 2.75) is 33.2 Å². The Morgan fingerprint density at radius 1 is 0.727 bits per heavy atom. The number of rotatable bonds is 22. The van der Waals surface area contributed by atoms with E-state index in [4.69, 9.17) is 33.2 Å². The van der Waals surface area contributed by atoms with Crippen LogP contribution in [0.3, 0.4) is 0 Å². The SMILES string of the molecule is COc1ccc(C[C@@H](C)[C@@H](C)Cc2ccc(OC)c(OCCOCCOCCOCCn3cnc([N+](=O)[O-])c3)c2)cc1OC. The van der Waals surface area contributed by atoms with Crippen LogP contribution in [0.1, 0.15) is 25.0 Å². The maximum Gasteiger partial charge on any atom is 0.381 e. The largest absolute Gasteiger partial charge is 0.493 e. The molecule has 0 aliphatic rings. The van der Waals surface area contributed by atoms with Gasteiger partial charge in [-0.25, -0.2) is 0 Å². The van der Waals surface area contributed by atoms with E-state index >= 15 is 0 Å². The second kappa shape index (κ2) is 18.7. The summed E-state index contributed by atoms with van der Waals surface area (Å²) in [6, 6.07) is 12.2. The lowest BCUT2D eigenvalue weighted by atomic mass is 9.85. The molecule has 0 N–H and O–H groups in total. The number of ether oxygens (including phenoxy) is 7. The first-order chi connectivity index (χ1) is 21.3. The lowest BCUT2D eigenvalue weighted by molar-refractivity contribution is -0.389.